The average molecular weight is 313 g/mol. The first-order valence-corrected chi connectivity index (χ1v) is 7.39. The van der Waals surface area contributed by atoms with E-state index in [9.17, 15) is 0 Å². The van der Waals surface area contributed by atoms with Crippen molar-refractivity contribution in [2.45, 2.75) is 20.4 Å². The first-order chi connectivity index (χ1) is 8.49. The Morgan fingerprint density at radius 2 is 1.78 bits per heavy atom. The van der Waals surface area contributed by atoms with Crippen molar-refractivity contribution in [3.63, 3.8) is 0 Å². The van der Waals surface area contributed by atoms with E-state index in [0.29, 0.717) is 5.92 Å². The van der Waals surface area contributed by atoms with Gasteiger partial charge in [0.1, 0.15) is 0 Å². The SMILES string of the molecule is CC(C)CN(CCN(C)C)Cc1ccccc1Br. The van der Waals surface area contributed by atoms with Gasteiger partial charge in [0.05, 0.1) is 0 Å². The van der Waals surface area contributed by atoms with Gasteiger partial charge >= 0.3 is 0 Å². The molecule has 0 N–H and O–H groups in total. The number of hydrogen-bond donors (Lipinski definition) is 0. The van der Waals surface area contributed by atoms with Gasteiger partial charge in [-0.15, -0.1) is 0 Å². The summed E-state index contributed by atoms with van der Waals surface area (Å²) in [5.41, 5.74) is 1.37. The van der Waals surface area contributed by atoms with Gasteiger partial charge in [0.15, 0.2) is 0 Å². The summed E-state index contributed by atoms with van der Waals surface area (Å²) in [5, 5.41) is 0. The van der Waals surface area contributed by atoms with E-state index in [1.807, 2.05) is 0 Å². The van der Waals surface area contributed by atoms with Crippen LogP contribution in [0.3, 0.4) is 0 Å². The highest BCUT2D eigenvalue weighted by atomic mass is 79.9. The standard InChI is InChI=1S/C15H25BrN2/c1-13(2)11-18(10-9-17(3)4)12-14-7-5-6-8-15(14)16/h5-8,13H,9-12H2,1-4H3. The Bertz CT molecular complexity index is 350. The third-order valence-electron chi connectivity index (χ3n) is 2.84. The van der Waals surface area contributed by atoms with Crippen LogP contribution in [0, 0.1) is 5.92 Å². The topological polar surface area (TPSA) is 6.48 Å². The lowest BCUT2D eigenvalue weighted by atomic mass is 10.1. The van der Waals surface area contributed by atoms with Gasteiger partial charge in [0, 0.05) is 30.7 Å². The van der Waals surface area contributed by atoms with Gasteiger partial charge in [-0.3, -0.25) is 4.90 Å². The Balaban J connectivity index is 2.62. The van der Waals surface area contributed by atoms with Crippen LogP contribution in [0.4, 0.5) is 0 Å². The molecule has 0 bridgehead atoms. The molecule has 0 heterocycles. The van der Waals surface area contributed by atoms with Crippen molar-refractivity contribution >= 4 is 15.9 Å². The Morgan fingerprint density at radius 3 is 2.33 bits per heavy atom. The molecule has 3 heteroatoms. The summed E-state index contributed by atoms with van der Waals surface area (Å²) in [6.45, 7) is 8.96. The van der Waals surface area contributed by atoms with Crippen LogP contribution in [0.25, 0.3) is 0 Å². The molecule has 102 valence electrons. The lowest BCUT2D eigenvalue weighted by molar-refractivity contribution is 0.211. The van der Waals surface area contributed by atoms with Gasteiger partial charge in [-0.1, -0.05) is 48.0 Å². The molecule has 1 aromatic rings. The molecule has 1 aromatic carbocycles. The van der Waals surface area contributed by atoms with Crippen molar-refractivity contribution in [3.05, 3.63) is 34.3 Å². The van der Waals surface area contributed by atoms with E-state index in [-0.39, 0.29) is 0 Å². The van der Waals surface area contributed by atoms with Crippen LogP contribution in [0.1, 0.15) is 19.4 Å². The molecule has 2 nitrogen and oxygen atoms in total. The summed E-state index contributed by atoms with van der Waals surface area (Å²) in [4.78, 5) is 4.78. The first-order valence-electron chi connectivity index (χ1n) is 6.59. The van der Waals surface area contributed by atoms with E-state index in [4.69, 9.17) is 0 Å². The van der Waals surface area contributed by atoms with E-state index in [1.54, 1.807) is 0 Å². The molecule has 0 radical (unpaired) electrons. The van der Waals surface area contributed by atoms with Crippen LogP contribution in [-0.4, -0.2) is 43.5 Å². The normalized spacial score (nSPS) is 11.8. The van der Waals surface area contributed by atoms with Crippen molar-refractivity contribution in [1.29, 1.82) is 0 Å². The largest absolute Gasteiger partial charge is 0.308 e. The number of nitrogens with zero attached hydrogens (tertiary/aromatic N) is 2. The molecular weight excluding hydrogens is 288 g/mol. The quantitative estimate of drug-likeness (QED) is 0.760. The smallest absolute Gasteiger partial charge is 0.0245 e. The van der Waals surface area contributed by atoms with Crippen LogP contribution in [0.2, 0.25) is 0 Å². The molecule has 0 aliphatic rings. The molecule has 0 unspecified atom stereocenters. The lowest BCUT2D eigenvalue weighted by Crippen LogP contribution is -2.34. The summed E-state index contributed by atoms with van der Waals surface area (Å²) < 4.78 is 1.21. The summed E-state index contributed by atoms with van der Waals surface area (Å²) in [7, 11) is 4.26. The summed E-state index contributed by atoms with van der Waals surface area (Å²) in [6.07, 6.45) is 0. The molecule has 0 saturated carbocycles. The fourth-order valence-corrected chi connectivity index (χ4v) is 2.37. The maximum absolute atomic E-state index is 3.63. The van der Waals surface area contributed by atoms with E-state index < -0.39 is 0 Å². The highest BCUT2D eigenvalue weighted by Crippen LogP contribution is 2.18. The van der Waals surface area contributed by atoms with Crippen molar-refractivity contribution < 1.29 is 0 Å². The maximum Gasteiger partial charge on any atom is 0.0245 e. The molecule has 0 spiro atoms. The number of likely N-dealkylation sites (N-methyl/N-ethyl adjacent to an activating group) is 1. The second kappa shape index (κ2) is 7.93. The predicted octanol–water partition coefficient (Wildman–Crippen LogP) is 3.47. The van der Waals surface area contributed by atoms with Crippen LogP contribution < -0.4 is 0 Å². The molecule has 0 saturated heterocycles. The Kier molecular flexibility index (Phi) is 6.90. The van der Waals surface area contributed by atoms with Crippen molar-refractivity contribution in [1.82, 2.24) is 9.80 Å². The zero-order valence-corrected chi connectivity index (χ0v) is 13.6. The minimum atomic E-state index is 0.703. The van der Waals surface area contributed by atoms with Crippen molar-refractivity contribution in [2.24, 2.45) is 5.92 Å². The summed E-state index contributed by atoms with van der Waals surface area (Å²) in [5.74, 6) is 0.703. The number of halogens is 1. The van der Waals surface area contributed by atoms with Gasteiger partial charge in [0.2, 0.25) is 0 Å². The molecular formula is C15H25BrN2. The summed E-state index contributed by atoms with van der Waals surface area (Å²) >= 11 is 3.63. The van der Waals surface area contributed by atoms with E-state index >= 15 is 0 Å². The highest BCUT2D eigenvalue weighted by Gasteiger charge is 2.10. The zero-order chi connectivity index (χ0) is 13.5. The van der Waals surface area contributed by atoms with Crippen molar-refractivity contribution in [3.8, 4) is 0 Å². The minimum Gasteiger partial charge on any atom is -0.308 e. The Labute approximate surface area is 120 Å². The molecule has 0 aliphatic heterocycles. The number of rotatable bonds is 7. The highest BCUT2D eigenvalue weighted by molar-refractivity contribution is 9.10. The zero-order valence-electron chi connectivity index (χ0n) is 12.0. The third-order valence-corrected chi connectivity index (χ3v) is 3.61. The molecule has 0 aromatic heterocycles. The molecule has 0 amide bonds. The van der Waals surface area contributed by atoms with Crippen LogP contribution in [0.5, 0.6) is 0 Å². The van der Waals surface area contributed by atoms with Gasteiger partial charge in [-0.2, -0.15) is 0 Å². The monoisotopic (exact) mass is 312 g/mol. The number of benzene rings is 1. The summed E-state index contributed by atoms with van der Waals surface area (Å²) in [6, 6.07) is 8.50. The van der Waals surface area contributed by atoms with Crippen LogP contribution in [0.15, 0.2) is 28.7 Å². The first kappa shape index (κ1) is 15.7. The van der Waals surface area contributed by atoms with Gasteiger partial charge in [-0.05, 0) is 31.6 Å². The lowest BCUT2D eigenvalue weighted by Gasteiger charge is -2.26. The molecule has 0 fully saturated rings. The second-order valence-electron chi connectivity index (χ2n) is 5.52. The minimum absolute atomic E-state index is 0.703. The van der Waals surface area contributed by atoms with Gasteiger partial charge in [-0.25, -0.2) is 0 Å². The van der Waals surface area contributed by atoms with Crippen molar-refractivity contribution in [2.75, 3.05) is 33.7 Å². The Hall–Kier alpha value is -0.380. The predicted molar refractivity (Wildman–Crippen MR) is 82.8 cm³/mol. The maximum atomic E-state index is 3.63. The number of hydrogen-bond acceptors (Lipinski definition) is 2. The van der Waals surface area contributed by atoms with Gasteiger partial charge < -0.3 is 4.90 Å². The van der Waals surface area contributed by atoms with Gasteiger partial charge in [0.25, 0.3) is 0 Å². The van der Waals surface area contributed by atoms with E-state index in [1.165, 1.54) is 10.0 Å². The third kappa shape index (κ3) is 5.98. The molecule has 18 heavy (non-hydrogen) atoms. The van der Waals surface area contributed by atoms with E-state index in [0.717, 1.165) is 26.2 Å². The molecule has 1 rings (SSSR count). The Morgan fingerprint density at radius 1 is 1.11 bits per heavy atom. The van der Waals surface area contributed by atoms with Crippen LogP contribution >= 0.6 is 15.9 Å². The fourth-order valence-electron chi connectivity index (χ4n) is 1.96. The molecule has 0 aliphatic carbocycles. The second-order valence-corrected chi connectivity index (χ2v) is 6.38. The molecule has 0 atom stereocenters. The van der Waals surface area contributed by atoms with Crippen LogP contribution in [-0.2, 0) is 6.54 Å². The van der Waals surface area contributed by atoms with E-state index in [2.05, 4.69) is 77.9 Å². The average Bonchev–Trinajstić information content (AvgIpc) is 2.28. The fraction of sp³-hybridized carbons (Fsp3) is 0.600.